The molecule has 3 rings (SSSR count). The van der Waals surface area contributed by atoms with Gasteiger partial charge in [-0.05, 0) is 23.8 Å². The van der Waals surface area contributed by atoms with Gasteiger partial charge in [0.05, 0.1) is 5.39 Å². The summed E-state index contributed by atoms with van der Waals surface area (Å²) in [6, 6.07) is 5.77. The smallest absolute Gasteiger partial charge is 0.212 e. The van der Waals surface area contributed by atoms with Gasteiger partial charge in [-0.15, -0.1) is 0 Å². The maximum absolute atomic E-state index is 10.6. The first kappa shape index (κ1) is 11.3. The quantitative estimate of drug-likeness (QED) is 0.719. The van der Waals surface area contributed by atoms with E-state index in [0.717, 1.165) is 22.2 Å². The number of hydrogen-bond acceptors (Lipinski definition) is 4. The van der Waals surface area contributed by atoms with Crippen LogP contribution in [0.4, 0.5) is 5.82 Å². The molecule has 0 aliphatic rings. The normalized spacial score (nSPS) is 10.6. The van der Waals surface area contributed by atoms with Crippen LogP contribution in [0.1, 0.15) is 0 Å². The molecule has 0 aromatic carbocycles. The first-order valence-corrected chi connectivity index (χ1v) is 5.73. The number of pyridine rings is 2. The van der Waals surface area contributed by atoms with Crippen molar-refractivity contribution < 1.29 is 4.79 Å². The number of carbonyl (C=O) groups excluding carboxylic acids is 1. The summed E-state index contributed by atoms with van der Waals surface area (Å²) in [6.45, 7) is 0. The molecule has 0 saturated carbocycles. The van der Waals surface area contributed by atoms with Crippen LogP contribution in [-0.2, 0) is 11.8 Å². The first-order chi connectivity index (χ1) is 9.29. The Morgan fingerprint density at radius 3 is 2.79 bits per heavy atom. The lowest BCUT2D eigenvalue weighted by Gasteiger charge is -2.01. The first-order valence-electron chi connectivity index (χ1n) is 5.73. The number of fused-ring (bicyclic) bond motifs is 1. The molecule has 3 aromatic rings. The van der Waals surface area contributed by atoms with E-state index >= 15 is 0 Å². The highest BCUT2D eigenvalue weighted by Gasteiger charge is 2.10. The number of amides is 1. The summed E-state index contributed by atoms with van der Waals surface area (Å²) in [5.41, 5.74) is 2.70. The molecule has 6 heteroatoms. The Bertz CT molecular complexity index is 735. The molecule has 3 heterocycles. The monoisotopic (exact) mass is 253 g/mol. The molecule has 0 bridgehead atoms. The third-order valence-electron chi connectivity index (χ3n) is 2.89. The van der Waals surface area contributed by atoms with E-state index in [9.17, 15) is 4.79 Å². The number of rotatable bonds is 3. The van der Waals surface area contributed by atoms with E-state index in [2.05, 4.69) is 20.4 Å². The van der Waals surface area contributed by atoms with Crippen LogP contribution < -0.4 is 5.32 Å². The van der Waals surface area contributed by atoms with E-state index in [-0.39, 0.29) is 0 Å². The molecule has 6 nitrogen and oxygen atoms in total. The van der Waals surface area contributed by atoms with Gasteiger partial charge in [0, 0.05) is 31.2 Å². The van der Waals surface area contributed by atoms with Crippen LogP contribution in [0.5, 0.6) is 0 Å². The molecule has 94 valence electrons. The second-order valence-corrected chi connectivity index (χ2v) is 4.07. The third-order valence-corrected chi connectivity index (χ3v) is 2.89. The SMILES string of the molecule is Cn1nc(NC=O)c2cc(-c3ccncc3)cnc21. The summed E-state index contributed by atoms with van der Waals surface area (Å²) in [6.07, 6.45) is 5.85. The average molecular weight is 253 g/mol. The minimum absolute atomic E-state index is 0.510. The predicted molar refractivity (Wildman–Crippen MR) is 71.4 cm³/mol. The number of aryl methyl sites for hydroxylation is 1. The van der Waals surface area contributed by atoms with Gasteiger partial charge in [-0.3, -0.25) is 9.78 Å². The molecular formula is C13H11N5O. The van der Waals surface area contributed by atoms with Crippen molar-refractivity contribution in [2.24, 2.45) is 7.05 Å². The van der Waals surface area contributed by atoms with Crippen molar-refractivity contribution >= 4 is 23.3 Å². The summed E-state index contributed by atoms with van der Waals surface area (Å²) >= 11 is 0. The summed E-state index contributed by atoms with van der Waals surface area (Å²) < 4.78 is 1.64. The lowest BCUT2D eigenvalue weighted by molar-refractivity contribution is -0.105. The van der Waals surface area contributed by atoms with Crippen molar-refractivity contribution in [3.8, 4) is 11.1 Å². The molecule has 0 radical (unpaired) electrons. The van der Waals surface area contributed by atoms with E-state index in [1.165, 1.54) is 0 Å². The number of hydrogen-bond donors (Lipinski definition) is 1. The summed E-state index contributed by atoms with van der Waals surface area (Å²) in [7, 11) is 1.79. The lowest BCUT2D eigenvalue weighted by atomic mass is 10.1. The molecule has 1 amide bonds. The topological polar surface area (TPSA) is 72.7 Å². The van der Waals surface area contributed by atoms with Gasteiger partial charge in [0.25, 0.3) is 0 Å². The Morgan fingerprint density at radius 1 is 1.26 bits per heavy atom. The third kappa shape index (κ3) is 1.93. The van der Waals surface area contributed by atoms with Crippen molar-refractivity contribution in [2.45, 2.75) is 0 Å². The number of aromatic nitrogens is 4. The number of anilines is 1. The summed E-state index contributed by atoms with van der Waals surface area (Å²) in [4.78, 5) is 19.0. The van der Waals surface area contributed by atoms with Gasteiger partial charge in [0.15, 0.2) is 11.5 Å². The Morgan fingerprint density at radius 2 is 2.05 bits per heavy atom. The van der Waals surface area contributed by atoms with Crippen molar-refractivity contribution in [3.05, 3.63) is 36.8 Å². The van der Waals surface area contributed by atoms with Gasteiger partial charge in [-0.1, -0.05) is 0 Å². The van der Waals surface area contributed by atoms with Crippen molar-refractivity contribution in [1.82, 2.24) is 19.7 Å². The van der Waals surface area contributed by atoms with Gasteiger partial charge in [-0.25, -0.2) is 9.67 Å². The fourth-order valence-corrected chi connectivity index (χ4v) is 2.01. The van der Waals surface area contributed by atoms with E-state index in [1.54, 1.807) is 30.3 Å². The van der Waals surface area contributed by atoms with E-state index in [0.29, 0.717) is 12.2 Å². The van der Waals surface area contributed by atoms with Gasteiger partial charge < -0.3 is 5.32 Å². The Balaban J connectivity index is 2.19. The zero-order chi connectivity index (χ0) is 13.2. The van der Waals surface area contributed by atoms with Crippen molar-refractivity contribution in [1.29, 1.82) is 0 Å². The number of nitrogens with zero attached hydrogens (tertiary/aromatic N) is 4. The Labute approximate surface area is 109 Å². The summed E-state index contributed by atoms with van der Waals surface area (Å²) in [5.74, 6) is 0.510. The lowest BCUT2D eigenvalue weighted by Crippen LogP contribution is -1.96. The largest absolute Gasteiger partial charge is 0.311 e. The fourth-order valence-electron chi connectivity index (χ4n) is 2.01. The zero-order valence-electron chi connectivity index (χ0n) is 10.2. The van der Waals surface area contributed by atoms with Gasteiger partial charge in [0.1, 0.15) is 0 Å². The standard InChI is InChI=1S/C13H11N5O/c1-18-13-11(12(17-18)16-8-19)6-10(7-15-13)9-2-4-14-5-3-9/h2-8H,1H3,(H,16,17,19). The summed E-state index contributed by atoms with van der Waals surface area (Å²) in [5, 5.41) is 7.61. The van der Waals surface area contributed by atoms with Crippen LogP contribution in [0.2, 0.25) is 0 Å². The van der Waals surface area contributed by atoms with Crippen LogP contribution >= 0.6 is 0 Å². The average Bonchev–Trinajstić information content (AvgIpc) is 2.77. The van der Waals surface area contributed by atoms with Gasteiger partial charge in [-0.2, -0.15) is 5.10 Å². The minimum atomic E-state index is 0.510. The fraction of sp³-hybridized carbons (Fsp3) is 0.0769. The van der Waals surface area contributed by atoms with Crippen LogP contribution in [0, 0.1) is 0 Å². The minimum Gasteiger partial charge on any atom is -0.311 e. The van der Waals surface area contributed by atoms with Crippen molar-refractivity contribution in [2.75, 3.05) is 5.32 Å². The molecule has 0 spiro atoms. The molecule has 0 aliphatic heterocycles. The number of nitrogens with one attached hydrogen (secondary N) is 1. The van der Waals surface area contributed by atoms with E-state index in [1.807, 2.05) is 18.2 Å². The highest BCUT2D eigenvalue weighted by atomic mass is 16.1. The molecular weight excluding hydrogens is 242 g/mol. The molecule has 0 atom stereocenters. The highest BCUT2D eigenvalue weighted by Crippen LogP contribution is 2.26. The molecule has 0 aliphatic carbocycles. The molecule has 19 heavy (non-hydrogen) atoms. The molecule has 1 N–H and O–H groups in total. The molecule has 0 fully saturated rings. The van der Waals surface area contributed by atoms with E-state index in [4.69, 9.17) is 0 Å². The van der Waals surface area contributed by atoms with Crippen LogP contribution in [0.3, 0.4) is 0 Å². The molecule has 0 saturated heterocycles. The second-order valence-electron chi connectivity index (χ2n) is 4.07. The Hall–Kier alpha value is -2.76. The van der Waals surface area contributed by atoms with Gasteiger partial charge in [0.2, 0.25) is 6.41 Å². The van der Waals surface area contributed by atoms with Crippen LogP contribution in [0.15, 0.2) is 36.8 Å². The van der Waals surface area contributed by atoms with E-state index < -0.39 is 0 Å². The maximum Gasteiger partial charge on any atom is 0.212 e. The highest BCUT2D eigenvalue weighted by molar-refractivity contribution is 5.94. The molecule has 3 aromatic heterocycles. The Kier molecular flexibility index (Phi) is 2.68. The second kappa shape index (κ2) is 4.49. The van der Waals surface area contributed by atoms with Crippen molar-refractivity contribution in [3.63, 3.8) is 0 Å². The molecule has 0 unspecified atom stereocenters. The van der Waals surface area contributed by atoms with Crippen LogP contribution in [-0.4, -0.2) is 26.2 Å². The maximum atomic E-state index is 10.6. The number of carbonyl (C=O) groups is 1. The predicted octanol–water partition coefficient (Wildman–Crippen LogP) is 1.60. The van der Waals surface area contributed by atoms with Gasteiger partial charge >= 0.3 is 0 Å². The zero-order valence-corrected chi connectivity index (χ0v) is 10.2. The van der Waals surface area contributed by atoms with Crippen LogP contribution in [0.25, 0.3) is 22.2 Å².